The molecule has 3 nitrogen and oxygen atoms in total. The zero-order valence-electron chi connectivity index (χ0n) is 10.1. The first-order valence-corrected chi connectivity index (χ1v) is 6.45. The van der Waals surface area contributed by atoms with Gasteiger partial charge < -0.3 is 15.2 Å². The molecule has 2 rings (SSSR count). The molecule has 0 saturated heterocycles. The molecule has 19 heavy (non-hydrogen) atoms. The molecular formula is C14H13BrFNO2. The molecule has 0 unspecified atom stereocenters. The van der Waals surface area contributed by atoms with Gasteiger partial charge in [0.2, 0.25) is 0 Å². The second-order valence-corrected chi connectivity index (χ2v) is 4.75. The van der Waals surface area contributed by atoms with Crippen LogP contribution in [-0.2, 0) is 11.3 Å². The molecule has 2 N–H and O–H groups in total. The molecule has 2 aromatic rings. The van der Waals surface area contributed by atoms with Crippen LogP contribution >= 0.6 is 15.9 Å². The topological polar surface area (TPSA) is 44.5 Å². The summed E-state index contributed by atoms with van der Waals surface area (Å²) in [7, 11) is 0. The van der Waals surface area contributed by atoms with Crippen LogP contribution in [0.3, 0.4) is 0 Å². The summed E-state index contributed by atoms with van der Waals surface area (Å²) in [5.74, 6) is -0.152. The van der Waals surface area contributed by atoms with Crippen molar-refractivity contribution < 1.29 is 13.9 Å². The van der Waals surface area contributed by atoms with Crippen LogP contribution in [0.15, 0.2) is 46.9 Å². The van der Waals surface area contributed by atoms with Gasteiger partial charge in [0.25, 0.3) is 0 Å². The number of hydrogen-bond donors (Lipinski definition) is 1. The van der Waals surface area contributed by atoms with E-state index in [4.69, 9.17) is 15.2 Å². The minimum Gasteiger partial charge on any atom is -0.465 e. The molecule has 0 spiro atoms. The maximum Gasteiger partial charge on any atom is 0.189 e. The van der Waals surface area contributed by atoms with Crippen LogP contribution in [0, 0.1) is 5.82 Å². The van der Waals surface area contributed by atoms with Crippen molar-refractivity contribution in [3.05, 3.63) is 58.3 Å². The molecule has 0 atom stereocenters. The van der Waals surface area contributed by atoms with Crippen molar-refractivity contribution in [2.24, 2.45) is 0 Å². The summed E-state index contributed by atoms with van der Waals surface area (Å²) >= 11 is 3.05. The number of nitrogens with two attached hydrogens (primary N) is 1. The number of halogens is 2. The standard InChI is InChI=1S/C14H13BrFNO2/c15-11-6-13(17)14(7-12(11)16)19-9-18-8-10-4-2-1-3-5-10/h1-7H,8-9,17H2. The lowest BCUT2D eigenvalue weighted by molar-refractivity contribution is 0.00531. The van der Waals surface area contributed by atoms with Crippen LogP contribution < -0.4 is 10.5 Å². The van der Waals surface area contributed by atoms with Crippen molar-refractivity contribution in [3.8, 4) is 5.75 Å². The Hall–Kier alpha value is -1.59. The van der Waals surface area contributed by atoms with E-state index in [-0.39, 0.29) is 12.5 Å². The second-order valence-electron chi connectivity index (χ2n) is 3.90. The first-order valence-electron chi connectivity index (χ1n) is 5.66. The van der Waals surface area contributed by atoms with E-state index in [1.807, 2.05) is 30.3 Å². The first kappa shape index (κ1) is 13.8. The Kier molecular flexibility index (Phi) is 4.76. The third-order valence-corrected chi connectivity index (χ3v) is 3.07. The molecule has 0 aliphatic rings. The maximum absolute atomic E-state index is 13.3. The number of rotatable bonds is 5. The van der Waals surface area contributed by atoms with Crippen LogP contribution in [0.1, 0.15) is 5.56 Å². The molecule has 0 radical (unpaired) electrons. The molecule has 0 amide bonds. The van der Waals surface area contributed by atoms with Crippen LogP contribution in [0.2, 0.25) is 0 Å². The first-order chi connectivity index (χ1) is 9.16. The highest BCUT2D eigenvalue weighted by atomic mass is 79.9. The Morgan fingerprint density at radius 1 is 1.16 bits per heavy atom. The molecule has 100 valence electrons. The summed E-state index contributed by atoms with van der Waals surface area (Å²) in [5, 5.41) is 0. The zero-order chi connectivity index (χ0) is 13.7. The average Bonchev–Trinajstić information content (AvgIpc) is 2.41. The van der Waals surface area contributed by atoms with Gasteiger partial charge in [-0.2, -0.15) is 0 Å². The quantitative estimate of drug-likeness (QED) is 0.517. The van der Waals surface area contributed by atoms with Gasteiger partial charge in [-0.05, 0) is 27.6 Å². The lowest BCUT2D eigenvalue weighted by atomic mass is 10.2. The van der Waals surface area contributed by atoms with E-state index in [1.165, 1.54) is 12.1 Å². The van der Waals surface area contributed by atoms with Crippen molar-refractivity contribution in [2.75, 3.05) is 12.5 Å². The summed E-state index contributed by atoms with van der Waals surface area (Å²) in [4.78, 5) is 0. The number of hydrogen-bond acceptors (Lipinski definition) is 3. The molecule has 0 saturated carbocycles. The van der Waals surface area contributed by atoms with Crippen molar-refractivity contribution in [1.82, 2.24) is 0 Å². The van der Waals surface area contributed by atoms with Crippen molar-refractivity contribution in [3.63, 3.8) is 0 Å². The average molecular weight is 326 g/mol. The van der Waals surface area contributed by atoms with E-state index >= 15 is 0 Å². The predicted molar refractivity (Wildman–Crippen MR) is 75.2 cm³/mol. The molecule has 5 heteroatoms. The minimum absolute atomic E-state index is 0.0141. The maximum atomic E-state index is 13.3. The molecular weight excluding hydrogens is 313 g/mol. The largest absolute Gasteiger partial charge is 0.465 e. The van der Waals surface area contributed by atoms with E-state index in [0.717, 1.165) is 5.56 Å². The summed E-state index contributed by atoms with van der Waals surface area (Å²) < 4.78 is 24.2. The fraction of sp³-hybridized carbons (Fsp3) is 0.143. The Morgan fingerprint density at radius 3 is 2.63 bits per heavy atom. The van der Waals surface area contributed by atoms with Gasteiger partial charge in [0.05, 0.1) is 16.8 Å². The van der Waals surface area contributed by atoms with Crippen molar-refractivity contribution >= 4 is 21.6 Å². The van der Waals surface area contributed by atoms with E-state index in [9.17, 15) is 4.39 Å². The van der Waals surface area contributed by atoms with Gasteiger partial charge in [-0.15, -0.1) is 0 Å². The smallest absolute Gasteiger partial charge is 0.189 e. The fourth-order valence-electron chi connectivity index (χ4n) is 1.51. The van der Waals surface area contributed by atoms with Gasteiger partial charge in [0.15, 0.2) is 6.79 Å². The third kappa shape index (κ3) is 3.94. The number of anilines is 1. The molecule has 0 bridgehead atoms. The van der Waals surface area contributed by atoms with Crippen LogP contribution in [0.5, 0.6) is 5.75 Å². The summed E-state index contributed by atoms with van der Waals surface area (Å²) in [6.45, 7) is 0.444. The molecule has 0 aromatic heterocycles. The van der Waals surface area contributed by atoms with E-state index < -0.39 is 5.82 Å². The highest BCUT2D eigenvalue weighted by molar-refractivity contribution is 9.10. The molecule has 0 aliphatic carbocycles. The minimum atomic E-state index is -0.424. The number of ether oxygens (including phenoxy) is 2. The third-order valence-electron chi connectivity index (χ3n) is 2.46. The Bertz CT molecular complexity index is 549. The fourth-order valence-corrected chi connectivity index (χ4v) is 1.87. The van der Waals surface area contributed by atoms with Crippen LogP contribution in [0.4, 0.5) is 10.1 Å². The van der Waals surface area contributed by atoms with Crippen LogP contribution in [-0.4, -0.2) is 6.79 Å². The summed E-state index contributed by atoms with van der Waals surface area (Å²) in [6, 6.07) is 12.4. The Balaban J connectivity index is 1.85. The number of nitrogen functional groups attached to an aromatic ring is 1. The van der Waals surface area contributed by atoms with Gasteiger partial charge in [-0.25, -0.2) is 4.39 Å². The van der Waals surface area contributed by atoms with E-state index in [2.05, 4.69) is 15.9 Å². The highest BCUT2D eigenvalue weighted by Crippen LogP contribution is 2.28. The van der Waals surface area contributed by atoms with E-state index in [0.29, 0.717) is 16.8 Å². The van der Waals surface area contributed by atoms with Gasteiger partial charge in [0.1, 0.15) is 11.6 Å². The van der Waals surface area contributed by atoms with E-state index in [1.54, 1.807) is 0 Å². The normalized spacial score (nSPS) is 10.4. The zero-order valence-corrected chi connectivity index (χ0v) is 11.7. The van der Waals surface area contributed by atoms with Crippen LogP contribution in [0.25, 0.3) is 0 Å². The number of benzene rings is 2. The lowest BCUT2D eigenvalue weighted by Crippen LogP contribution is -2.05. The Labute approximate surface area is 119 Å². The molecule has 2 aromatic carbocycles. The van der Waals surface area contributed by atoms with Crippen molar-refractivity contribution in [2.45, 2.75) is 6.61 Å². The van der Waals surface area contributed by atoms with Gasteiger partial charge in [-0.1, -0.05) is 30.3 Å². The second kappa shape index (κ2) is 6.54. The summed E-state index contributed by atoms with van der Waals surface area (Å²) in [5.41, 5.74) is 7.11. The molecule has 0 aliphatic heterocycles. The van der Waals surface area contributed by atoms with Gasteiger partial charge in [-0.3, -0.25) is 0 Å². The molecule has 0 heterocycles. The SMILES string of the molecule is Nc1cc(Br)c(F)cc1OCOCc1ccccc1. The molecule has 0 fully saturated rings. The highest BCUT2D eigenvalue weighted by Gasteiger charge is 2.06. The van der Waals surface area contributed by atoms with Crippen molar-refractivity contribution in [1.29, 1.82) is 0 Å². The van der Waals surface area contributed by atoms with Gasteiger partial charge >= 0.3 is 0 Å². The Morgan fingerprint density at radius 2 is 1.89 bits per heavy atom. The predicted octanol–water partition coefficient (Wildman–Crippen LogP) is 3.72. The lowest BCUT2D eigenvalue weighted by Gasteiger charge is -2.10. The summed E-state index contributed by atoms with van der Waals surface area (Å²) in [6.07, 6.45) is 0. The van der Waals surface area contributed by atoms with Gasteiger partial charge in [0, 0.05) is 6.07 Å². The monoisotopic (exact) mass is 325 g/mol.